The van der Waals surface area contributed by atoms with E-state index in [1.54, 1.807) is 59.5 Å². The standard InChI is InChI=1S/C27H22Cl2N2O3S/c1-3-15-34-23-14-5-18(16-24(23)33-4-2)17-25-26(32)31(22-12-8-20(29)9-13-22)27(35-25)30-21-10-6-19(28)7-11-21/h3,5-14,16-17H,1,4,15H2,2H3/b25-17-,30-27?. The summed E-state index contributed by atoms with van der Waals surface area (Å²) in [5.41, 5.74) is 2.16. The summed E-state index contributed by atoms with van der Waals surface area (Å²) in [6.07, 6.45) is 3.49. The summed E-state index contributed by atoms with van der Waals surface area (Å²) >= 11 is 13.4. The molecule has 1 aliphatic rings. The summed E-state index contributed by atoms with van der Waals surface area (Å²) in [5.74, 6) is 1.03. The van der Waals surface area contributed by atoms with Gasteiger partial charge in [-0.3, -0.25) is 9.69 Å². The minimum Gasteiger partial charge on any atom is -0.490 e. The molecule has 0 saturated carbocycles. The maximum atomic E-state index is 13.5. The van der Waals surface area contributed by atoms with Crippen molar-refractivity contribution in [3.63, 3.8) is 0 Å². The SMILES string of the molecule is C=CCOc1ccc(/C=C2\SC(=Nc3ccc(Cl)cc3)N(c3ccc(Cl)cc3)C2=O)cc1OCC. The first-order valence-corrected chi connectivity index (χ1v) is 12.4. The lowest BCUT2D eigenvalue weighted by Gasteiger charge is -2.15. The normalized spacial score (nSPS) is 15.6. The van der Waals surface area contributed by atoms with Gasteiger partial charge in [-0.15, -0.1) is 0 Å². The number of nitrogens with zero attached hydrogens (tertiary/aromatic N) is 2. The number of carbonyl (C=O) groups excluding carboxylic acids is 1. The minimum absolute atomic E-state index is 0.185. The maximum Gasteiger partial charge on any atom is 0.271 e. The lowest BCUT2D eigenvalue weighted by molar-refractivity contribution is -0.113. The molecule has 1 heterocycles. The first-order valence-electron chi connectivity index (χ1n) is 10.8. The second kappa shape index (κ2) is 11.5. The van der Waals surface area contributed by atoms with Crippen molar-refractivity contribution in [1.82, 2.24) is 0 Å². The van der Waals surface area contributed by atoms with Crippen molar-refractivity contribution in [2.45, 2.75) is 6.92 Å². The highest BCUT2D eigenvalue weighted by atomic mass is 35.5. The number of aliphatic imine (C=N–C) groups is 1. The second-order valence-corrected chi connectivity index (χ2v) is 9.22. The summed E-state index contributed by atoms with van der Waals surface area (Å²) in [6.45, 7) is 6.44. The number of anilines is 1. The molecule has 0 atom stereocenters. The Morgan fingerprint density at radius 1 is 0.971 bits per heavy atom. The van der Waals surface area contributed by atoms with Gasteiger partial charge in [-0.1, -0.05) is 41.9 Å². The quantitative estimate of drug-likeness (QED) is 0.223. The van der Waals surface area contributed by atoms with Crippen LogP contribution in [0.2, 0.25) is 10.0 Å². The van der Waals surface area contributed by atoms with Crippen LogP contribution in [0.4, 0.5) is 11.4 Å². The van der Waals surface area contributed by atoms with Crippen molar-refractivity contribution in [1.29, 1.82) is 0 Å². The van der Waals surface area contributed by atoms with Crippen LogP contribution in [0.25, 0.3) is 6.08 Å². The van der Waals surface area contributed by atoms with Gasteiger partial charge in [0.25, 0.3) is 5.91 Å². The van der Waals surface area contributed by atoms with Crippen LogP contribution in [-0.4, -0.2) is 24.3 Å². The van der Waals surface area contributed by atoms with E-state index in [2.05, 4.69) is 6.58 Å². The molecular formula is C27H22Cl2N2O3S. The number of benzene rings is 3. The van der Waals surface area contributed by atoms with Gasteiger partial charge in [0.2, 0.25) is 0 Å². The van der Waals surface area contributed by atoms with Crippen molar-refractivity contribution in [3.8, 4) is 11.5 Å². The first kappa shape index (κ1) is 24.9. The molecule has 0 aromatic heterocycles. The van der Waals surface area contributed by atoms with Gasteiger partial charge < -0.3 is 9.47 Å². The Morgan fingerprint density at radius 2 is 1.66 bits per heavy atom. The zero-order chi connectivity index (χ0) is 24.8. The number of amidine groups is 1. The van der Waals surface area contributed by atoms with Crippen LogP contribution in [0.1, 0.15) is 12.5 Å². The topological polar surface area (TPSA) is 51.1 Å². The van der Waals surface area contributed by atoms with E-state index >= 15 is 0 Å². The number of rotatable bonds is 8. The third kappa shape index (κ3) is 6.09. The average molecular weight is 525 g/mol. The Kier molecular flexibility index (Phi) is 8.18. The third-order valence-electron chi connectivity index (χ3n) is 4.86. The van der Waals surface area contributed by atoms with Crippen molar-refractivity contribution in [2.75, 3.05) is 18.1 Å². The van der Waals surface area contributed by atoms with Gasteiger partial charge in [0.05, 0.1) is 22.9 Å². The summed E-state index contributed by atoms with van der Waals surface area (Å²) in [4.78, 5) is 20.3. The van der Waals surface area contributed by atoms with Crippen LogP contribution in [0.15, 0.2) is 89.3 Å². The Hall–Kier alpha value is -3.19. The highest BCUT2D eigenvalue weighted by Crippen LogP contribution is 2.38. The van der Waals surface area contributed by atoms with E-state index in [0.717, 1.165) is 5.56 Å². The maximum absolute atomic E-state index is 13.5. The van der Waals surface area contributed by atoms with E-state index in [0.29, 0.717) is 56.2 Å². The highest BCUT2D eigenvalue weighted by Gasteiger charge is 2.34. The third-order valence-corrected chi connectivity index (χ3v) is 6.34. The molecule has 5 nitrogen and oxygen atoms in total. The molecule has 0 unspecified atom stereocenters. The Balaban J connectivity index is 1.72. The number of carbonyl (C=O) groups is 1. The molecule has 35 heavy (non-hydrogen) atoms. The number of thioether (sulfide) groups is 1. The zero-order valence-electron chi connectivity index (χ0n) is 18.9. The molecule has 8 heteroatoms. The van der Waals surface area contributed by atoms with Crippen molar-refractivity contribution in [2.24, 2.45) is 4.99 Å². The Labute approximate surface area is 218 Å². The van der Waals surface area contributed by atoms with E-state index in [1.165, 1.54) is 11.8 Å². The first-order chi connectivity index (χ1) is 17.0. The second-order valence-electron chi connectivity index (χ2n) is 7.34. The van der Waals surface area contributed by atoms with E-state index in [9.17, 15) is 4.79 Å². The van der Waals surface area contributed by atoms with Crippen LogP contribution >= 0.6 is 35.0 Å². The van der Waals surface area contributed by atoms with Crippen LogP contribution in [-0.2, 0) is 4.79 Å². The lowest BCUT2D eigenvalue weighted by Crippen LogP contribution is -2.28. The zero-order valence-corrected chi connectivity index (χ0v) is 21.2. The number of halogens is 2. The van der Waals surface area contributed by atoms with Crippen LogP contribution in [0.5, 0.6) is 11.5 Å². The average Bonchev–Trinajstić information content (AvgIpc) is 3.15. The molecule has 1 fully saturated rings. The fourth-order valence-electron chi connectivity index (χ4n) is 3.29. The molecule has 0 radical (unpaired) electrons. The van der Waals surface area contributed by atoms with E-state index < -0.39 is 0 Å². The van der Waals surface area contributed by atoms with Gasteiger partial charge in [-0.05, 0) is 91.0 Å². The number of hydrogen-bond donors (Lipinski definition) is 0. The largest absolute Gasteiger partial charge is 0.490 e. The Morgan fingerprint density at radius 3 is 2.31 bits per heavy atom. The predicted molar refractivity (Wildman–Crippen MR) is 146 cm³/mol. The monoisotopic (exact) mass is 524 g/mol. The number of hydrogen-bond acceptors (Lipinski definition) is 5. The molecule has 0 aliphatic carbocycles. The van der Waals surface area contributed by atoms with E-state index in [1.807, 2.05) is 31.2 Å². The van der Waals surface area contributed by atoms with Crippen LogP contribution in [0, 0.1) is 0 Å². The summed E-state index contributed by atoms with van der Waals surface area (Å²) in [7, 11) is 0. The number of amides is 1. The van der Waals surface area contributed by atoms with E-state index in [-0.39, 0.29) is 5.91 Å². The Bertz CT molecular complexity index is 1290. The van der Waals surface area contributed by atoms with Gasteiger partial charge >= 0.3 is 0 Å². The molecule has 1 aliphatic heterocycles. The molecule has 0 bridgehead atoms. The lowest BCUT2D eigenvalue weighted by atomic mass is 10.1. The van der Waals surface area contributed by atoms with Crippen LogP contribution in [0.3, 0.4) is 0 Å². The molecule has 1 saturated heterocycles. The molecule has 178 valence electrons. The molecule has 1 amide bonds. The van der Waals surface area contributed by atoms with Gasteiger partial charge in [-0.2, -0.15) is 0 Å². The van der Waals surface area contributed by atoms with Gasteiger partial charge in [0.1, 0.15) is 6.61 Å². The molecule has 0 N–H and O–H groups in total. The van der Waals surface area contributed by atoms with Gasteiger partial charge in [0, 0.05) is 10.0 Å². The minimum atomic E-state index is -0.185. The highest BCUT2D eigenvalue weighted by molar-refractivity contribution is 8.19. The summed E-state index contributed by atoms with van der Waals surface area (Å²) < 4.78 is 11.4. The van der Waals surface area contributed by atoms with Gasteiger partial charge in [-0.25, -0.2) is 4.99 Å². The molecule has 0 spiro atoms. The molecular weight excluding hydrogens is 503 g/mol. The predicted octanol–water partition coefficient (Wildman–Crippen LogP) is 7.77. The molecule has 3 aromatic carbocycles. The van der Waals surface area contributed by atoms with Gasteiger partial charge in [0.15, 0.2) is 16.7 Å². The molecule has 3 aromatic rings. The smallest absolute Gasteiger partial charge is 0.271 e. The summed E-state index contributed by atoms with van der Waals surface area (Å²) in [5, 5.41) is 1.73. The van der Waals surface area contributed by atoms with Crippen molar-refractivity contribution in [3.05, 3.63) is 99.9 Å². The fraction of sp³-hybridized carbons (Fsp3) is 0.111. The fourth-order valence-corrected chi connectivity index (χ4v) is 4.55. The number of ether oxygens (including phenoxy) is 2. The van der Waals surface area contributed by atoms with Crippen molar-refractivity contribution >= 4 is 63.5 Å². The molecule has 4 rings (SSSR count). The summed E-state index contributed by atoms with van der Waals surface area (Å²) in [6, 6.07) is 19.8. The van der Waals surface area contributed by atoms with E-state index in [4.69, 9.17) is 37.7 Å². The van der Waals surface area contributed by atoms with Crippen molar-refractivity contribution < 1.29 is 14.3 Å². The van der Waals surface area contributed by atoms with Crippen LogP contribution < -0.4 is 14.4 Å².